The van der Waals surface area contributed by atoms with Crippen LogP contribution < -0.4 is 0 Å². The molecule has 4 nitrogen and oxygen atoms in total. The summed E-state index contributed by atoms with van der Waals surface area (Å²) in [5.74, 6) is -0.186. The van der Waals surface area contributed by atoms with Gasteiger partial charge in [-0.15, -0.1) is 11.6 Å². The second-order valence-corrected chi connectivity index (χ2v) is 3.26. The van der Waals surface area contributed by atoms with Crippen molar-refractivity contribution in [3.63, 3.8) is 0 Å². The van der Waals surface area contributed by atoms with Gasteiger partial charge < -0.3 is 14.7 Å². The van der Waals surface area contributed by atoms with Crippen molar-refractivity contribution in [1.29, 1.82) is 0 Å². The Morgan fingerprint density at radius 2 is 2.38 bits per heavy atom. The molecular weight excluding hydrogens is 194 g/mol. The third-order valence-corrected chi connectivity index (χ3v) is 2.31. The molecule has 0 aromatic carbocycles. The first-order valence-corrected chi connectivity index (χ1v) is 4.86. The molecule has 76 valence electrons. The summed E-state index contributed by atoms with van der Waals surface area (Å²) in [4.78, 5) is 12.7. The van der Waals surface area contributed by atoms with Crippen LogP contribution in [0.25, 0.3) is 0 Å². The largest absolute Gasteiger partial charge is 0.388 e. The molecule has 0 aromatic heterocycles. The quantitative estimate of drug-likeness (QED) is 0.654. The molecule has 2 unspecified atom stereocenters. The number of halogens is 1. The number of rotatable bonds is 3. The number of hydrogen-bond donors (Lipinski definition) is 1. The zero-order valence-corrected chi connectivity index (χ0v) is 8.33. The number of ether oxygens (including phenoxy) is 1. The van der Waals surface area contributed by atoms with E-state index in [4.69, 9.17) is 16.3 Å². The number of nitrogens with zero attached hydrogens (tertiary/aromatic N) is 1. The minimum atomic E-state index is -0.577. The van der Waals surface area contributed by atoms with Gasteiger partial charge in [0.2, 0.25) is 5.91 Å². The molecule has 0 aliphatic carbocycles. The lowest BCUT2D eigenvalue weighted by atomic mass is 10.3. The van der Waals surface area contributed by atoms with Crippen LogP contribution in [0.15, 0.2) is 0 Å². The number of carbonyl (C=O) groups is 1. The van der Waals surface area contributed by atoms with Crippen LogP contribution in [-0.2, 0) is 9.53 Å². The maximum atomic E-state index is 11.1. The molecule has 0 radical (unpaired) electrons. The van der Waals surface area contributed by atoms with Crippen LogP contribution in [0, 0.1) is 0 Å². The summed E-state index contributed by atoms with van der Waals surface area (Å²) in [5.41, 5.74) is 0. The maximum absolute atomic E-state index is 11.1. The highest BCUT2D eigenvalue weighted by atomic mass is 35.5. The Bertz CT molecular complexity index is 188. The number of amides is 1. The molecule has 0 aromatic rings. The van der Waals surface area contributed by atoms with Crippen molar-refractivity contribution in [2.75, 3.05) is 25.6 Å². The highest BCUT2D eigenvalue weighted by Crippen LogP contribution is 2.13. The summed E-state index contributed by atoms with van der Waals surface area (Å²) in [5, 5.41) is 9.47. The molecule has 2 atom stereocenters. The fraction of sp³-hybridized carbons (Fsp3) is 0.875. The average Bonchev–Trinajstić information content (AvgIpc) is 2.47. The van der Waals surface area contributed by atoms with E-state index in [9.17, 15) is 9.90 Å². The van der Waals surface area contributed by atoms with E-state index in [-0.39, 0.29) is 17.9 Å². The van der Waals surface area contributed by atoms with E-state index in [2.05, 4.69) is 0 Å². The van der Waals surface area contributed by atoms with Gasteiger partial charge in [-0.1, -0.05) is 0 Å². The zero-order chi connectivity index (χ0) is 9.84. The van der Waals surface area contributed by atoms with Crippen molar-refractivity contribution in [3.05, 3.63) is 0 Å². The highest BCUT2D eigenvalue weighted by Gasteiger charge is 2.33. The minimum Gasteiger partial charge on any atom is -0.388 e. The van der Waals surface area contributed by atoms with Gasteiger partial charge in [-0.2, -0.15) is 0 Å². The van der Waals surface area contributed by atoms with E-state index >= 15 is 0 Å². The van der Waals surface area contributed by atoms with Crippen molar-refractivity contribution < 1.29 is 14.6 Å². The number of likely N-dealkylation sites (tertiary alicyclic amines) is 1. The van der Waals surface area contributed by atoms with Gasteiger partial charge in [-0.25, -0.2) is 0 Å². The first-order valence-electron chi connectivity index (χ1n) is 4.32. The van der Waals surface area contributed by atoms with Crippen molar-refractivity contribution in [2.24, 2.45) is 0 Å². The van der Waals surface area contributed by atoms with Gasteiger partial charge in [0, 0.05) is 19.7 Å². The van der Waals surface area contributed by atoms with Crippen LogP contribution >= 0.6 is 11.6 Å². The number of aliphatic hydroxyl groups is 1. The molecule has 5 heteroatoms. The smallest absolute Gasteiger partial charge is 0.237 e. The van der Waals surface area contributed by atoms with Gasteiger partial charge in [-0.3, -0.25) is 4.79 Å². The summed E-state index contributed by atoms with van der Waals surface area (Å²) in [6.07, 6.45) is -0.829. The van der Waals surface area contributed by atoms with Crippen LogP contribution in [0.5, 0.6) is 0 Å². The van der Waals surface area contributed by atoms with E-state index in [0.717, 1.165) is 0 Å². The van der Waals surface area contributed by atoms with Gasteiger partial charge in [0.1, 0.15) is 12.0 Å². The lowest BCUT2D eigenvalue weighted by Crippen LogP contribution is -2.30. The van der Waals surface area contributed by atoms with Crippen molar-refractivity contribution in [3.8, 4) is 0 Å². The van der Waals surface area contributed by atoms with Crippen LogP contribution in [0.2, 0.25) is 0 Å². The Hall–Kier alpha value is -0.320. The van der Waals surface area contributed by atoms with Crippen molar-refractivity contribution in [1.82, 2.24) is 4.90 Å². The molecule has 1 aliphatic heterocycles. The molecular formula is C8H14ClNO3. The molecule has 1 saturated heterocycles. The van der Waals surface area contributed by atoms with Gasteiger partial charge in [0.25, 0.3) is 0 Å². The van der Waals surface area contributed by atoms with Gasteiger partial charge >= 0.3 is 0 Å². The third kappa shape index (κ3) is 2.56. The summed E-state index contributed by atoms with van der Waals surface area (Å²) in [6.45, 7) is 3.18. The number of aliphatic hydroxyl groups excluding tert-OH is 1. The zero-order valence-electron chi connectivity index (χ0n) is 7.57. The number of carbonyl (C=O) groups excluding carboxylic acids is 1. The molecule has 1 fully saturated rings. The molecule has 1 N–H and O–H groups in total. The average molecular weight is 208 g/mol. The second-order valence-electron chi connectivity index (χ2n) is 2.99. The second kappa shape index (κ2) is 4.79. The number of alkyl halides is 1. The predicted octanol–water partition coefficient (Wildman–Crippen LogP) is -0.167. The van der Waals surface area contributed by atoms with Crippen LogP contribution in [0.4, 0.5) is 0 Å². The summed E-state index contributed by atoms with van der Waals surface area (Å²) in [6, 6.07) is 0. The van der Waals surface area contributed by atoms with Crippen LogP contribution in [0.3, 0.4) is 0 Å². The Balaban J connectivity index is 2.44. The molecule has 0 bridgehead atoms. The molecule has 1 amide bonds. The molecule has 1 rings (SSSR count). The number of hydrogen-bond acceptors (Lipinski definition) is 3. The Morgan fingerprint density at radius 1 is 1.69 bits per heavy atom. The van der Waals surface area contributed by atoms with Crippen LogP contribution in [-0.4, -0.2) is 53.7 Å². The van der Waals surface area contributed by atoms with Gasteiger partial charge in [0.05, 0.1) is 6.10 Å². The normalized spacial score (nSPS) is 28.1. The third-order valence-electron chi connectivity index (χ3n) is 2.08. The summed E-state index contributed by atoms with van der Waals surface area (Å²) < 4.78 is 5.25. The Kier molecular flexibility index (Phi) is 3.96. The molecule has 0 spiro atoms. The summed E-state index contributed by atoms with van der Waals surface area (Å²) in [7, 11) is 0. The Morgan fingerprint density at radius 3 is 2.92 bits per heavy atom. The van der Waals surface area contributed by atoms with Gasteiger partial charge in [-0.05, 0) is 6.92 Å². The van der Waals surface area contributed by atoms with E-state index in [1.54, 1.807) is 0 Å². The lowest BCUT2D eigenvalue weighted by molar-refractivity contribution is -0.128. The maximum Gasteiger partial charge on any atom is 0.237 e. The Labute approximate surface area is 82.4 Å². The van der Waals surface area contributed by atoms with E-state index in [0.29, 0.717) is 19.7 Å². The molecule has 1 aliphatic rings. The SMILES string of the molecule is CCOC1CN(C(=O)CCl)CC1O. The van der Waals surface area contributed by atoms with Gasteiger partial charge in [0.15, 0.2) is 0 Å². The number of β-amino-alcohol motifs (C(OH)–C–C–N with tert-alkyl or cyclic N) is 1. The first kappa shape index (κ1) is 10.8. The topological polar surface area (TPSA) is 49.8 Å². The van der Waals surface area contributed by atoms with E-state index < -0.39 is 6.10 Å². The van der Waals surface area contributed by atoms with Crippen molar-refractivity contribution >= 4 is 17.5 Å². The predicted molar refractivity (Wildman–Crippen MR) is 48.7 cm³/mol. The fourth-order valence-electron chi connectivity index (χ4n) is 1.42. The molecule has 13 heavy (non-hydrogen) atoms. The van der Waals surface area contributed by atoms with E-state index in [1.165, 1.54) is 4.90 Å². The monoisotopic (exact) mass is 207 g/mol. The minimum absolute atomic E-state index is 0.0361. The summed E-state index contributed by atoms with van der Waals surface area (Å²) >= 11 is 5.39. The molecule has 1 heterocycles. The van der Waals surface area contributed by atoms with E-state index in [1.807, 2.05) is 6.92 Å². The van der Waals surface area contributed by atoms with Crippen LogP contribution in [0.1, 0.15) is 6.92 Å². The molecule has 0 saturated carbocycles. The lowest BCUT2D eigenvalue weighted by Gasteiger charge is -2.14. The standard InChI is InChI=1S/C8H14ClNO3/c1-2-13-7-5-10(4-6(7)11)8(12)3-9/h6-7,11H,2-5H2,1H3. The van der Waals surface area contributed by atoms with Crippen molar-refractivity contribution in [2.45, 2.75) is 19.1 Å². The first-order chi connectivity index (χ1) is 6.19. The highest BCUT2D eigenvalue weighted by molar-refractivity contribution is 6.27. The fourth-order valence-corrected chi connectivity index (χ4v) is 1.59.